The smallest absolute Gasteiger partial charge is 0.236 e. The summed E-state index contributed by atoms with van der Waals surface area (Å²) in [5.41, 5.74) is 5.91. The van der Waals surface area contributed by atoms with Crippen LogP contribution in [0.4, 0.5) is 5.69 Å². The van der Waals surface area contributed by atoms with E-state index in [1.54, 1.807) is 6.07 Å². The third-order valence-electron chi connectivity index (χ3n) is 1.98. The number of halogens is 1. The number of nitrogens with zero attached hydrogens (tertiary/aromatic N) is 1. The molecule has 0 saturated heterocycles. The van der Waals surface area contributed by atoms with E-state index in [1.807, 2.05) is 0 Å². The third kappa shape index (κ3) is 3.72. The zero-order valence-corrected chi connectivity index (χ0v) is 11.6. The molecule has 6 nitrogen and oxygen atoms in total. The van der Waals surface area contributed by atoms with Crippen molar-refractivity contribution in [3.8, 4) is 6.07 Å². The molecule has 0 saturated carbocycles. The first kappa shape index (κ1) is 14.5. The molecule has 0 fully saturated rings. The van der Waals surface area contributed by atoms with E-state index < -0.39 is 21.5 Å². The summed E-state index contributed by atoms with van der Waals surface area (Å²) in [7, 11) is -3.76. The van der Waals surface area contributed by atoms with Gasteiger partial charge in [0.05, 0.1) is 11.0 Å². The largest absolute Gasteiger partial charge is 0.399 e. The van der Waals surface area contributed by atoms with Gasteiger partial charge in [0.15, 0.2) is 9.84 Å². The molecule has 0 unspecified atom stereocenters. The van der Waals surface area contributed by atoms with Crippen LogP contribution in [0.5, 0.6) is 0 Å². The molecule has 0 bridgehead atoms. The summed E-state index contributed by atoms with van der Waals surface area (Å²) in [5, 5.41) is 10.4. The van der Waals surface area contributed by atoms with Crippen molar-refractivity contribution in [3.05, 3.63) is 22.7 Å². The molecule has 0 atom stereocenters. The van der Waals surface area contributed by atoms with Crippen LogP contribution in [0, 0.1) is 11.3 Å². The highest BCUT2D eigenvalue weighted by atomic mass is 79.9. The Labute approximate surface area is 113 Å². The van der Waals surface area contributed by atoms with Crippen LogP contribution < -0.4 is 11.1 Å². The summed E-state index contributed by atoms with van der Waals surface area (Å²) in [6, 6.07) is 5.90. The van der Waals surface area contributed by atoms with E-state index in [1.165, 1.54) is 18.2 Å². The molecular weight excluding hydrogens is 322 g/mol. The number of benzene rings is 1. The van der Waals surface area contributed by atoms with Gasteiger partial charge in [0.2, 0.25) is 5.91 Å². The fourth-order valence-corrected chi connectivity index (χ4v) is 3.58. The van der Waals surface area contributed by atoms with Crippen molar-refractivity contribution in [3.63, 3.8) is 0 Å². The van der Waals surface area contributed by atoms with Crippen molar-refractivity contribution in [1.82, 2.24) is 5.32 Å². The van der Waals surface area contributed by atoms with Crippen molar-refractivity contribution in [1.29, 1.82) is 5.26 Å². The lowest BCUT2D eigenvalue weighted by atomic mass is 10.3. The molecular formula is C10H10BrN3O3S. The monoisotopic (exact) mass is 331 g/mol. The number of amides is 1. The lowest BCUT2D eigenvalue weighted by molar-refractivity contribution is -0.118. The third-order valence-corrected chi connectivity index (χ3v) is 4.56. The van der Waals surface area contributed by atoms with E-state index >= 15 is 0 Å². The van der Waals surface area contributed by atoms with Gasteiger partial charge in [-0.1, -0.05) is 0 Å². The molecule has 0 heterocycles. The Hall–Kier alpha value is -1.59. The molecule has 1 rings (SSSR count). The molecule has 0 aliphatic heterocycles. The molecule has 0 aromatic heterocycles. The van der Waals surface area contributed by atoms with Crippen LogP contribution in [0.25, 0.3) is 0 Å². The maximum Gasteiger partial charge on any atom is 0.236 e. The maximum atomic E-state index is 11.9. The first-order valence-corrected chi connectivity index (χ1v) is 7.23. The zero-order valence-electron chi connectivity index (χ0n) is 9.18. The van der Waals surface area contributed by atoms with E-state index in [2.05, 4.69) is 21.2 Å². The minimum absolute atomic E-state index is 0.0104. The lowest BCUT2D eigenvalue weighted by Gasteiger charge is -2.07. The Balaban J connectivity index is 2.94. The standard InChI is InChI=1S/C10H10BrN3O3S/c11-8-5-7(13)1-2-9(8)18(16,17)6-10(15)14-4-3-12/h1-2,5H,4,6,13H2,(H,14,15). The second-order valence-electron chi connectivity index (χ2n) is 3.38. The van der Waals surface area contributed by atoms with Crippen molar-refractivity contribution in [2.45, 2.75) is 4.90 Å². The van der Waals surface area contributed by atoms with Crippen LogP contribution in [-0.4, -0.2) is 26.6 Å². The highest BCUT2D eigenvalue weighted by molar-refractivity contribution is 9.10. The number of anilines is 1. The Morgan fingerprint density at radius 1 is 1.50 bits per heavy atom. The number of hydrogen-bond acceptors (Lipinski definition) is 5. The van der Waals surface area contributed by atoms with Gasteiger partial charge in [-0.15, -0.1) is 0 Å². The normalized spacial score (nSPS) is 10.7. The molecule has 0 spiro atoms. The summed E-state index contributed by atoms with van der Waals surface area (Å²) < 4.78 is 24.1. The summed E-state index contributed by atoms with van der Waals surface area (Å²) in [5.74, 6) is -1.43. The van der Waals surface area contributed by atoms with Gasteiger partial charge in [0, 0.05) is 10.2 Å². The molecule has 0 radical (unpaired) electrons. The summed E-state index contributed by atoms with van der Waals surface area (Å²) in [4.78, 5) is 11.3. The van der Waals surface area contributed by atoms with Gasteiger partial charge < -0.3 is 11.1 Å². The van der Waals surface area contributed by atoms with Gasteiger partial charge in [-0.25, -0.2) is 8.42 Å². The number of nitriles is 1. The highest BCUT2D eigenvalue weighted by Gasteiger charge is 2.21. The minimum Gasteiger partial charge on any atom is -0.399 e. The second-order valence-corrected chi connectivity index (χ2v) is 6.20. The van der Waals surface area contributed by atoms with Crippen LogP contribution >= 0.6 is 15.9 Å². The van der Waals surface area contributed by atoms with Crippen LogP contribution in [0.2, 0.25) is 0 Å². The van der Waals surface area contributed by atoms with E-state index in [-0.39, 0.29) is 11.4 Å². The Morgan fingerprint density at radius 2 is 2.17 bits per heavy atom. The molecule has 1 aromatic carbocycles. The predicted molar refractivity (Wildman–Crippen MR) is 69.2 cm³/mol. The quantitative estimate of drug-likeness (QED) is 0.614. The van der Waals surface area contributed by atoms with Crippen molar-refractivity contribution in [2.75, 3.05) is 18.0 Å². The molecule has 3 N–H and O–H groups in total. The Kier molecular flexibility index (Phi) is 4.69. The first-order chi connectivity index (χ1) is 8.36. The number of hydrogen-bond donors (Lipinski definition) is 2. The van der Waals surface area contributed by atoms with Gasteiger partial charge in [-0.2, -0.15) is 5.26 Å². The van der Waals surface area contributed by atoms with Crippen LogP contribution in [0.3, 0.4) is 0 Å². The predicted octanol–water partition coefficient (Wildman–Crippen LogP) is 0.445. The molecule has 1 amide bonds. The van der Waals surface area contributed by atoms with Crippen LogP contribution in [-0.2, 0) is 14.6 Å². The fraction of sp³-hybridized carbons (Fsp3) is 0.200. The summed E-state index contributed by atoms with van der Waals surface area (Å²) in [6.07, 6.45) is 0. The van der Waals surface area contributed by atoms with Crippen molar-refractivity contribution in [2.24, 2.45) is 0 Å². The van der Waals surface area contributed by atoms with Gasteiger partial charge in [0.25, 0.3) is 0 Å². The Bertz CT molecular complexity index is 607. The van der Waals surface area contributed by atoms with Crippen LogP contribution in [0.15, 0.2) is 27.6 Å². The van der Waals surface area contributed by atoms with Crippen molar-refractivity contribution < 1.29 is 13.2 Å². The molecule has 96 valence electrons. The zero-order chi connectivity index (χ0) is 13.8. The molecule has 0 aliphatic carbocycles. The van der Waals surface area contributed by atoms with E-state index in [9.17, 15) is 13.2 Å². The first-order valence-electron chi connectivity index (χ1n) is 4.78. The van der Waals surface area contributed by atoms with Gasteiger partial charge in [0.1, 0.15) is 12.3 Å². The average Bonchev–Trinajstić information content (AvgIpc) is 2.25. The average molecular weight is 332 g/mol. The Morgan fingerprint density at radius 3 is 2.72 bits per heavy atom. The molecule has 8 heteroatoms. The SMILES string of the molecule is N#CCNC(=O)CS(=O)(=O)c1ccc(N)cc1Br. The van der Waals surface area contributed by atoms with Gasteiger partial charge >= 0.3 is 0 Å². The van der Waals surface area contributed by atoms with E-state index in [4.69, 9.17) is 11.0 Å². The molecule has 1 aromatic rings. The van der Waals surface area contributed by atoms with Crippen molar-refractivity contribution >= 4 is 37.4 Å². The van der Waals surface area contributed by atoms with Gasteiger partial charge in [-0.05, 0) is 34.1 Å². The number of rotatable bonds is 4. The summed E-state index contributed by atoms with van der Waals surface area (Å²) in [6.45, 7) is -0.225. The van der Waals surface area contributed by atoms with Crippen LogP contribution in [0.1, 0.15) is 0 Å². The number of nitrogens with one attached hydrogen (secondary N) is 1. The minimum atomic E-state index is -3.76. The number of sulfone groups is 1. The van der Waals surface area contributed by atoms with Gasteiger partial charge in [-0.3, -0.25) is 4.79 Å². The number of carbonyl (C=O) groups is 1. The molecule has 18 heavy (non-hydrogen) atoms. The number of nitrogens with two attached hydrogens (primary N) is 1. The van der Waals surface area contributed by atoms with E-state index in [0.29, 0.717) is 10.2 Å². The highest BCUT2D eigenvalue weighted by Crippen LogP contribution is 2.25. The summed E-state index contributed by atoms with van der Waals surface area (Å²) >= 11 is 3.08. The molecule has 0 aliphatic rings. The second kappa shape index (κ2) is 5.84. The maximum absolute atomic E-state index is 11.9. The number of carbonyl (C=O) groups excluding carboxylic acids is 1. The topological polar surface area (TPSA) is 113 Å². The van der Waals surface area contributed by atoms with E-state index in [0.717, 1.165) is 0 Å². The fourth-order valence-electron chi connectivity index (χ4n) is 1.21. The number of nitrogen functional groups attached to an aromatic ring is 1. The lowest BCUT2D eigenvalue weighted by Crippen LogP contribution is -2.30.